The standard InChI is InChI=1S/C54H53N9O7S/c1-30-24-35(70-29-33-25-41(33)32-18-21-62(22-19-32)28-48(65)55-34-10-12-39-44(26-34)61(2)60-49(39)40-15-17-47(64)58-52(40)67)11-13-36(30)37-14-16-46(57-50(37)53(68)69)63-23-20-31-6-5-7-38(42(31)27-63)51(66)59-54-56-43-8-3-4-9-45(43)71-54/h3-14,16,24,26,32-33,40-41H,15,17-23,25,27-29H2,1-2H3,(H,55,65)(H,68,69)(H,56,59,66)(H,58,64,67)/t33-,40?,41+/m0/s1. The Bertz CT molecular complexity index is 3250. The van der Waals surface area contributed by atoms with Crippen molar-refractivity contribution in [2.45, 2.75) is 57.9 Å². The Morgan fingerprint density at radius 2 is 1.72 bits per heavy atom. The molecule has 4 aromatic carbocycles. The van der Waals surface area contributed by atoms with Crippen LogP contribution in [0.4, 0.5) is 16.6 Å². The van der Waals surface area contributed by atoms with Gasteiger partial charge in [0.1, 0.15) is 11.6 Å². The number of benzene rings is 4. The van der Waals surface area contributed by atoms with E-state index in [1.54, 1.807) is 4.68 Å². The van der Waals surface area contributed by atoms with Crippen LogP contribution in [0.15, 0.2) is 91.0 Å². The fraction of sp³-hybridized carbons (Fsp3) is 0.333. The largest absolute Gasteiger partial charge is 0.493 e. The van der Waals surface area contributed by atoms with Crippen molar-refractivity contribution in [3.8, 4) is 16.9 Å². The third-order valence-electron chi connectivity index (χ3n) is 14.7. The predicted molar refractivity (Wildman–Crippen MR) is 271 cm³/mol. The summed E-state index contributed by atoms with van der Waals surface area (Å²) in [6, 6.07) is 28.6. The van der Waals surface area contributed by atoms with Crippen LogP contribution < -0.4 is 25.6 Å². The van der Waals surface area contributed by atoms with Crippen molar-refractivity contribution < 1.29 is 33.8 Å². The van der Waals surface area contributed by atoms with Crippen molar-refractivity contribution >= 4 is 78.7 Å². The van der Waals surface area contributed by atoms with E-state index >= 15 is 0 Å². The fourth-order valence-electron chi connectivity index (χ4n) is 10.9. The van der Waals surface area contributed by atoms with Gasteiger partial charge in [0.25, 0.3) is 5.91 Å². The smallest absolute Gasteiger partial charge is 0.355 e. The Hall–Kier alpha value is -7.50. The second-order valence-electron chi connectivity index (χ2n) is 19.3. The zero-order valence-corrected chi connectivity index (χ0v) is 40.3. The molecule has 1 unspecified atom stereocenters. The van der Waals surface area contributed by atoms with E-state index in [-0.39, 0.29) is 35.7 Å². The van der Waals surface area contributed by atoms with Gasteiger partial charge in [0.15, 0.2) is 10.8 Å². The zero-order chi connectivity index (χ0) is 48.9. The highest BCUT2D eigenvalue weighted by atomic mass is 32.1. The van der Waals surface area contributed by atoms with Crippen LogP contribution in [0.2, 0.25) is 0 Å². The van der Waals surface area contributed by atoms with Crippen molar-refractivity contribution in [2.24, 2.45) is 24.8 Å². The average molecular weight is 972 g/mol. The average Bonchev–Trinajstić information content (AvgIpc) is 3.92. The molecule has 3 fully saturated rings. The van der Waals surface area contributed by atoms with Crippen LogP contribution in [-0.4, -0.2) is 92.1 Å². The number of likely N-dealkylation sites (tertiary alicyclic amines) is 1. The second-order valence-corrected chi connectivity index (χ2v) is 20.3. The highest BCUT2D eigenvalue weighted by Gasteiger charge is 2.44. The molecule has 1 saturated carbocycles. The first-order valence-corrected chi connectivity index (χ1v) is 25.1. The van der Waals surface area contributed by atoms with Gasteiger partial charge in [0.2, 0.25) is 17.7 Å². The number of rotatable bonds is 13. The number of carbonyl (C=O) groups excluding carboxylic acids is 4. The number of thiazole rings is 1. The van der Waals surface area contributed by atoms with Crippen LogP contribution in [0.1, 0.15) is 81.3 Å². The van der Waals surface area contributed by atoms with Crippen LogP contribution >= 0.6 is 11.3 Å². The first-order valence-electron chi connectivity index (χ1n) is 24.3. The number of carboxylic acid groups (broad SMARTS) is 1. The summed E-state index contributed by atoms with van der Waals surface area (Å²) in [6.45, 7) is 5.61. The number of imide groups is 1. The summed E-state index contributed by atoms with van der Waals surface area (Å²) >= 11 is 1.43. The number of anilines is 3. The minimum Gasteiger partial charge on any atom is -0.493 e. The summed E-state index contributed by atoms with van der Waals surface area (Å²) in [6.07, 6.45) is 4.55. The molecule has 0 radical (unpaired) electrons. The lowest BCUT2D eigenvalue weighted by Gasteiger charge is -2.31. The van der Waals surface area contributed by atoms with Crippen LogP contribution in [0.25, 0.3) is 32.2 Å². The van der Waals surface area contributed by atoms with Crippen molar-refractivity contribution in [1.82, 2.24) is 30.0 Å². The summed E-state index contributed by atoms with van der Waals surface area (Å²) in [5, 5.41) is 24.9. The fourth-order valence-corrected chi connectivity index (χ4v) is 11.7. The quantitative estimate of drug-likeness (QED) is 0.0814. The SMILES string of the molecule is Cc1cc(OC[C@@H]2C[C@@H]2C2CCN(CC(=O)Nc3ccc4c(C5CCC(=O)NC5=O)nn(C)c4c3)CC2)ccc1-c1ccc(N2CCc3cccc(C(=O)Nc4nc5ccccc5s4)c3C2)nc1C(=O)O. The van der Waals surface area contributed by atoms with Gasteiger partial charge in [-0.3, -0.25) is 39.4 Å². The summed E-state index contributed by atoms with van der Waals surface area (Å²) < 4.78 is 9.04. The summed E-state index contributed by atoms with van der Waals surface area (Å²) in [5.41, 5.74) is 7.60. The Labute approximate surface area is 413 Å². The highest BCUT2D eigenvalue weighted by molar-refractivity contribution is 7.22. The van der Waals surface area contributed by atoms with Gasteiger partial charge in [-0.2, -0.15) is 5.10 Å². The van der Waals surface area contributed by atoms with Gasteiger partial charge in [-0.05, 0) is 153 Å². The predicted octanol–water partition coefficient (Wildman–Crippen LogP) is 7.95. The van der Waals surface area contributed by atoms with Crippen LogP contribution in [0, 0.1) is 24.7 Å². The van der Waals surface area contributed by atoms with E-state index in [9.17, 15) is 29.1 Å². The number of carbonyl (C=O) groups is 5. The molecule has 16 nitrogen and oxygen atoms in total. The summed E-state index contributed by atoms with van der Waals surface area (Å²) in [5.74, 6) is 0.403. The molecule has 4 N–H and O–H groups in total. The molecular formula is C54H53N9O7S. The summed E-state index contributed by atoms with van der Waals surface area (Å²) in [7, 11) is 1.81. The van der Waals surface area contributed by atoms with Crippen molar-refractivity contribution in [1.29, 1.82) is 0 Å². The number of hydrogen-bond donors (Lipinski definition) is 4. The van der Waals surface area contributed by atoms with E-state index in [1.807, 2.05) is 110 Å². The van der Waals surface area contributed by atoms with Gasteiger partial charge >= 0.3 is 5.97 Å². The van der Waals surface area contributed by atoms with Crippen molar-refractivity contribution in [3.63, 3.8) is 0 Å². The molecule has 0 bridgehead atoms. The normalized spacial score (nSPS) is 19.4. The minimum absolute atomic E-state index is 0.0365. The third-order valence-corrected chi connectivity index (χ3v) is 15.7. The monoisotopic (exact) mass is 971 g/mol. The van der Waals surface area contributed by atoms with E-state index in [4.69, 9.17) is 9.72 Å². The first kappa shape index (κ1) is 45.9. The molecule has 11 rings (SSSR count). The van der Waals surface area contributed by atoms with E-state index in [0.29, 0.717) is 90.3 Å². The number of para-hydroxylation sites is 1. The lowest BCUT2D eigenvalue weighted by molar-refractivity contribution is -0.134. The van der Waals surface area contributed by atoms with Crippen LogP contribution in [-0.2, 0) is 34.4 Å². The van der Waals surface area contributed by atoms with E-state index in [2.05, 4.69) is 30.9 Å². The molecule has 3 aliphatic heterocycles. The lowest BCUT2D eigenvalue weighted by Crippen LogP contribution is -2.39. The topological polar surface area (TPSA) is 201 Å². The molecule has 4 amide bonds. The number of aryl methyl sites for hydroxylation is 2. The molecule has 3 aromatic heterocycles. The maximum absolute atomic E-state index is 13.6. The molecule has 6 heterocycles. The number of amides is 4. The molecule has 71 heavy (non-hydrogen) atoms. The van der Waals surface area contributed by atoms with Gasteiger partial charge in [0, 0.05) is 48.8 Å². The van der Waals surface area contributed by atoms with E-state index < -0.39 is 11.9 Å². The zero-order valence-electron chi connectivity index (χ0n) is 39.4. The second kappa shape index (κ2) is 19.0. The molecule has 7 aromatic rings. The Morgan fingerprint density at radius 3 is 2.52 bits per heavy atom. The lowest BCUT2D eigenvalue weighted by atomic mass is 9.91. The first-order chi connectivity index (χ1) is 34.4. The maximum atomic E-state index is 13.6. The van der Waals surface area contributed by atoms with E-state index in [0.717, 1.165) is 81.5 Å². The molecule has 2 saturated heterocycles. The summed E-state index contributed by atoms with van der Waals surface area (Å²) in [4.78, 5) is 77.3. The van der Waals surface area contributed by atoms with Crippen molar-refractivity contribution in [2.75, 3.05) is 48.3 Å². The number of piperidine rings is 2. The number of carboxylic acids is 1. The van der Waals surface area contributed by atoms with Gasteiger partial charge in [-0.1, -0.05) is 41.7 Å². The third kappa shape index (κ3) is 9.46. The molecular weight excluding hydrogens is 919 g/mol. The van der Waals surface area contributed by atoms with Gasteiger partial charge in [-0.25, -0.2) is 14.8 Å². The number of nitrogens with zero attached hydrogens (tertiary/aromatic N) is 6. The number of nitrogens with one attached hydrogen (secondary N) is 3. The number of hydrogen-bond acceptors (Lipinski definition) is 12. The number of ether oxygens (including phenoxy) is 1. The van der Waals surface area contributed by atoms with Gasteiger partial charge in [0.05, 0.1) is 40.5 Å². The number of pyridine rings is 1. The number of fused-ring (bicyclic) bond motifs is 3. The maximum Gasteiger partial charge on any atom is 0.355 e. The Balaban J connectivity index is 0.663. The van der Waals surface area contributed by atoms with Crippen molar-refractivity contribution in [3.05, 3.63) is 125 Å². The highest BCUT2D eigenvalue weighted by Crippen LogP contribution is 2.48. The molecule has 1 aliphatic carbocycles. The Kier molecular flexibility index (Phi) is 12.3. The molecule has 362 valence electrons. The minimum atomic E-state index is -1.12. The number of aromatic nitrogens is 4. The Morgan fingerprint density at radius 1 is 0.887 bits per heavy atom. The van der Waals surface area contributed by atoms with Crippen LogP contribution in [0.3, 0.4) is 0 Å². The molecule has 3 atom stereocenters. The molecule has 0 spiro atoms. The van der Waals surface area contributed by atoms with E-state index in [1.165, 1.54) is 11.3 Å². The van der Waals surface area contributed by atoms with Gasteiger partial charge < -0.3 is 20.1 Å². The molecule has 17 heteroatoms. The molecule has 4 aliphatic rings. The number of aromatic carboxylic acids is 1. The van der Waals surface area contributed by atoms with Crippen LogP contribution in [0.5, 0.6) is 5.75 Å². The van der Waals surface area contributed by atoms with Gasteiger partial charge in [-0.15, -0.1) is 0 Å².